The first-order valence-corrected chi connectivity index (χ1v) is 6.36. The van der Waals surface area contributed by atoms with E-state index in [1.54, 1.807) is 24.3 Å². The van der Waals surface area contributed by atoms with Crippen molar-refractivity contribution in [3.63, 3.8) is 0 Å². The lowest BCUT2D eigenvalue weighted by atomic mass is 10.2. The molecule has 0 aliphatic carbocycles. The van der Waals surface area contributed by atoms with Gasteiger partial charge in [0.15, 0.2) is 0 Å². The van der Waals surface area contributed by atoms with E-state index in [1.807, 2.05) is 0 Å². The third kappa shape index (κ3) is 5.02. The van der Waals surface area contributed by atoms with Crippen LogP contribution < -0.4 is 9.47 Å². The molecule has 2 rings (SSSR count). The average Bonchev–Trinajstić information content (AvgIpc) is 2.47. The van der Waals surface area contributed by atoms with Crippen molar-refractivity contribution in [2.24, 2.45) is 0 Å². The highest BCUT2D eigenvalue weighted by atomic mass is 19.4. The molecule has 0 aromatic heterocycles. The third-order valence-corrected chi connectivity index (χ3v) is 2.75. The zero-order valence-electron chi connectivity index (χ0n) is 11.4. The van der Waals surface area contributed by atoms with E-state index in [-0.39, 0.29) is 12.4 Å². The van der Waals surface area contributed by atoms with Crippen LogP contribution in [0.2, 0.25) is 0 Å². The maximum atomic E-state index is 12.0. The highest BCUT2D eigenvalue weighted by molar-refractivity contribution is 5.30. The van der Waals surface area contributed by atoms with Gasteiger partial charge in [0, 0.05) is 5.56 Å². The van der Waals surface area contributed by atoms with Gasteiger partial charge >= 0.3 is 6.36 Å². The van der Waals surface area contributed by atoms with Gasteiger partial charge in [-0.05, 0) is 42.0 Å². The van der Waals surface area contributed by atoms with Crippen molar-refractivity contribution in [3.05, 3.63) is 71.1 Å². The van der Waals surface area contributed by atoms with Crippen LogP contribution in [0.15, 0.2) is 48.5 Å². The van der Waals surface area contributed by atoms with Crippen molar-refractivity contribution in [2.45, 2.75) is 19.5 Å². The Kier molecular flexibility index (Phi) is 4.89. The van der Waals surface area contributed by atoms with Crippen molar-refractivity contribution in [2.75, 3.05) is 0 Å². The summed E-state index contributed by atoms with van der Waals surface area (Å²) >= 11 is 0. The van der Waals surface area contributed by atoms with Gasteiger partial charge < -0.3 is 14.3 Å². The highest BCUT2D eigenvalue weighted by Gasteiger charge is 2.30. The van der Waals surface area contributed by atoms with Crippen molar-refractivity contribution < 1.29 is 22.6 Å². The molecule has 0 heterocycles. The Bertz CT molecular complexity index is 643. The minimum Gasteiger partial charge on any atom is -0.489 e. The van der Waals surface area contributed by atoms with Crippen LogP contribution in [-0.2, 0) is 13.2 Å². The average molecular weight is 307 g/mol. The number of rotatable bonds is 5. The summed E-state index contributed by atoms with van der Waals surface area (Å²) in [5.74, 6) is 0.365. The smallest absolute Gasteiger partial charge is 0.489 e. The lowest BCUT2D eigenvalue weighted by molar-refractivity contribution is -0.274. The summed E-state index contributed by atoms with van der Waals surface area (Å²) < 4.78 is 45.4. The lowest BCUT2D eigenvalue weighted by Crippen LogP contribution is -2.17. The molecule has 0 unspecified atom stereocenters. The van der Waals surface area contributed by atoms with Crippen molar-refractivity contribution in [1.29, 1.82) is 0 Å². The van der Waals surface area contributed by atoms with E-state index in [9.17, 15) is 13.2 Å². The lowest BCUT2D eigenvalue weighted by Gasteiger charge is -2.10. The third-order valence-electron chi connectivity index (χ3n) is 2.75. The van der Waals surface area contributed by atoms with E-state index in [1.165, 1.54) is 24.3 Å². The van der Waals surface area contributed by atoms with Gasteiger partial charge in [-0.15, -0.1) is 13.2 Å². The number of halogens is 3. The van der Waals surface area contributed by atoms with Crippen LogP contribution >= 0.6 is 0 Å². The van der Waals surface area contributed by atoms with Gasteiger partial charge in [0.2, 0.25) is 6.54 Å². The summed E-state index contributed by atoms with van der Waals surface area (Å²) in [7, 11) is 0. The summed E-state index contributed by atoms with van der Waals surface area (Å²) in [5, 5.41) is 0. The first kappa shape index (κ1) is 15.7. The second kappa shape index (κ2) is 6.85. The van der Waals surface area contributed by atoms with Gasteiger partial charge in [0.1, 0.15) is 18.1 Å². The molecule has 0 aliphatic heterocycles. The summed E-state index contributed by atoms with van der Waals surface area (Å²) in [6.07, 6.45) is -4.69. The van der Waals surface area contributed by atoms with E-state index >= 15 is 0 Å². The molecule has 0 bridgehead atoms. The van der Waals surface area contributed by atoms with Crippen molar-refractivity contribution in [1.82, 2.24) is 0 Å². The Balaban J connectivity index is 1.90. The molecule has 0 spiro atoms. The zero-order chi connectivity index (χ0) is 16.0. The topological polar surface area (TPSA) is 22.8 Å². The molecule has 0 N–H and O–H groups in total. The number of hydrogen-bond donors (Lipinski definition) is 0. The second-order valence-corrected chi connectivity index (χ2v) is 4.44. The Morgan fingerprint density at radius 2 is 1.41 bits per heavy atom. The van der Waals surface area contributed by atoms with Gasteiger partial charge in [-0.1, -0.05) is 12.1 Å². The van der Waals surface area contributed by atoms with Gasteiger partial charge in [-0.2, -0.15) is 0 Å². The fourth-order valence-electron chi connectivity index (χ4n) is 1.74. The summed E-state index contributed by atoms with van der Waals surface area (Å²) in [6.45, 7) is 7.32. The van der Waals surface area contributed by atoms with E-state index in [0.29, 0.717) is 12.3 Å². The van der Waals surface area contributed by atoms with Crippen LogP contribution in [-0.4, -0.2) is 6.36 Å². The molecule has 114 valence electrons. The predicted molar refractivity (Wildman–Crippen MR) is 74.2 cm³/mol. The molecular weight excluding hydrogens is 295 g/mol. The summed E-state index contributed by atoms with van der Waals surface area (Å²) in [6, 6.07) is 12.6. The van der Waals surface area contributed by atoms with Crippen LogP contribution in [0.3, 0.4) is 0 Å². The molecule has 0 aliphatic rings. The van der Waals surface area contributed by atoms with Crippen molar-refractivity contribution in [3.8, 4) is 11.5 Å². The van der Waals surface area contributed by atoms with Gasteiger partial charge in [-0.25, -0.2) is 6.57 Å². The molecular formula is C16H12F3NO2. The Morgan fingerprint density at radius 3 is 1.95 bits per heavy atom. The van der Waals surface area contributed by atoms with Gasteiger partial charge in [0.05, 0.1) is 0 Å². The number of alkyl halides is 3. The van der Waals surface area contributed by atoms with Gasteiger partial charge in [-0.3, -0.25) is 0 Å². The molecule has 2 aromatic rings. The molecule has 0 radical (unpaired) electrons. The van der Waals surface area contributed by atoms with Crippen LogP contribution in [0, 0.1) is 6.57 Å². The van der Waals surface area contributed by atoms with Crippen LogP contribution in [0.1, 0.15) is 11.1 Å². The van der Waals surface area contributed by atoms with E-state index in [2.05, 4.69) is 9.58 Å². The molecule has 0 fully saturated rings. The maximum Gasteiger partial charge on any atom is 0.573 e. The number of nitrogens with zero attached hydrogens (tertiary/aromatic N) is 1. The quantitative estimate of drug-likeness (QED) is 0.754. The standard InChI is InChI=1S/C16H12F3NO2/c1-20-10-12-2-6-14(7-3-12)21-11-13-4-8-15(9-5-13)22-16(17,18)19/h2-9H,10-11H2. The molecule has 3 nitrogen and oxygen atoms in total. The minimum atomic E-state index is -4.69. The maximum absolute atomic E-state index is 12.0. The van der Waals surface area contributed by atoms with Crippen LogP contribution in [0.25, 0.3) is 4.85 Å². The molecule has 0 saturated heterocycles. The molecule has 0 amide bonds. The van der Waals surface area contributed by atoms with Crippen molar-refractivity contribution >= 4 is 0 Å². The molecule has 22 heavy (non-hydrogen) atoms. The zero-order valence-corrected chi connectivity index (χ0v) is 11.4. The number of hydrogen-bond acceptors (Lipinski definition) is 2. The van der Waals surface area contributed by atoms with E-state index < -0.39 is 6.36 Å². The van der Waals surface area contributed by atoms with E-state index in [0.717, 1.165) is 11.1 Å². The van der Waals surface area contributed by atoms with Crippen LogP contribution in [0.4, 0.5) is 13.2 Å². The molecule has 6 heteroatoms. The largest absolute Gasteiger partial charge is 0.573 e. The minimum absolute atomic E-state index is 0.231. The number of ether oxygens (including phenoxy) is 2. The predicted octanol–water partition coefficient (Wildman–Crippen LogP) is 4.58. The molecule has 0 saturated carbocycles. The highest BCUT2D eigenvalue weighted by Crippen LogP contribution is 2.23. The first-order valence-electron chi connectivity index (χ1n) is 6.36. The Morgan fingerprint density at radius 1 is 0.864 bits per heavy atom. The number of benzene rings is 2. The second-order valence-electron chi connectivity index (χ2n) is 4.44. The SMILES string of the molecule is [C-]#[N+]Cc1ccc(OCc2ccc(OC(F)(F)F)cc2)cc1. The Labute approximate surface area is 125 Å². The van der Waals surface area contributed by atoms with Crippen LogP contribution in [0.5, 0.6) is 11.5 Å². The summed E-state index contributed by atoms with van der Waals surface area (Å²) in [4.78, 5) is 3.28. The molecule has 2 aromatic carbocycles. The van der Waals surface area contributed by atoms with E-state index in [4.69, 9.17) is 11.3 Å². The summed E-state index contributed by atoms with van der Waals surface area (Å²) in [5.41, 5.74) is 1.62. The Hall–Kier alpha value is -2.68. The fourth-order valence-corrected chi connectivity index (χ4v) is 1.74. The fraction of sp³-hybridized carbons (Fsp3) is 0.188. The first-order chi connectivity index (χ1) is 10.5. The normalized spacial score (nSPS) is 10.8. The van der Waals surface area contributed by atoms with Gasteiger partial charge in [0.25, 0.3) is 0 Å². The monoisotopic (exact) mass is 307 g/mol. The molecule has 0 atom stereocenters.